The molecule has 0 atom stereocenters. The standard InChI is InChI=1S/C15H9F4N3O2S/c16-11-6-7-20-14-10(11)2-1-3-12(14)22-25(23,24)9-4-5-13(21-8-9)15(17,18)19/h1-8,22H. The molecule has 0 radical (unpaired) electrons. The van der Waals surface area contributed by atoms with Gasteiger partial charge in [0.15, 0.2) is 0 Å². The summed E-state index contributed by atoms with van der Waals surface area (Å²) in [6.45, 7) is 0. The van der Waals surface area contributed by atoms with Gasteiger partial charge in [-0.25, -0.2) is 12.8 Å². The van der Waals surface area contributed by atoms with Gasteiger partial charge in [0.1, 0.15) is 16.4 Å². The van der Waals surface area contributed by atoms with Gasteiger partial charge in [0.2, 0.25) is 0 Å². The van der Waals surface area contributed by atoms with Crippen molar-refractivity contribution < 1.29 is 26.0 Å². The molecule has 5 nitrogen and oxygen atoms in total. The highest BCUT2D eigenvalue weighted by atomic mass is 32.2. The van der Waals surface area contributed by atoms with Crippen LogP contribution in [-0.4, -0.2) is 18.4 Å². The molecule has 0 bridgehead atoms. The largest absolute Gasteiger partial charge is 0.433 e. The second-order valence-corrected chi connectivity index (χ2v) is 6.66. The Morgan fingerprint density at radius 3 is 2.40 bits per heavy atom. The monoisotopic (exact) mass is 371 g/mol. The number of para-hydroxylation sites is 1. The third-order valence-electron chi connectivity index (χ3n) is 3.30. The maximum Gasteiger partial charge on any atom is 0.433 e. The molecule has 10 heteroatoms. The van der Waals surface area contributed by atoms with Gasteiger partial charge < -0.3 is 0 Å². The molecule has 3 aromatic rings. The highest BCUT2D eigenvalue weighted by Crippen LogP contribution is 2.29. The van der Waals surface area contributed by atoms with Crippen molar-refractivity contribution in [3.63, 3.8) is 0 Å². The summed E-state index contributed by atoms with van der Waals surface area (Å²) in [5, 5.41) is 0.105. The molecule has 2 aromatic heterocycles. The van der Waals surface area contributed by atoms with E-state index >= 15 is 0 Å². The predicted molar refractivity (Wildman–Crippen MR) is 81.7 cm³/mol. The zero-order valence-electron chi connectivity index (χ0n) is 12.2. The van der Waals surface area contributed by atoms with Crippen LogP contribution in [0.25, 0.3) is 10.9 Å². The molecule has 2 heterocycles. The van der Waals surface area contributed by atoms with Gasteiger partial charge in [-0.1, -0.05) is 6.07 Å². The lowest BCUT2D eigenvalue weighted by Crippen LogP contribution is -2.15. The van der Waals surface area contributed by atoms with E-state index in [0.29, 0.717) is 12.3 Å². The van der Waals surface area contributed by atoms with Crippen LogP contribution >= 0.6 is 0 Å². The van der Waals surface area contributed by atoms with E-state index in [1.165, 1.54) is 24.4 Å². The van der Waals surface area contributed by atoms with Crippen LogP contribution < -0.4 is 4.72 Å². The summed E-state index contributed by atoms with van der Waals surface area (Å²) in [7, 11) is -4.22. The van der Waals surface area contributed by atoms with E-state index < -0.39 is 32.6 Å². The Kier molecular flexibility index (Phi) is 4.07. The van der Waals surface area contributed by atoms with Crippen LogP contribution in [-0.2, 0) is 16.2 Å². The SMILES string of the molecule is O=S(=O)(Nc1cccc2c(F)ccnc12)c1ccc(C(F)(F)F)nc1. The molecule has 0 unspecified atom stereocenters. The number of alkyl halides is 3. The summed E-state index contributed by atoms with van der Waals surface area (Å²) in [6.07, 6.45) is -2.90. The fourth-order valence-corrected chi connectivity index (χ4v) is 3.15. The minimum atomic E-state index is -4.67. The molecule has 0 amide bonds. The molecular weight excluding hydrogens is 362 g/mol. The number of anilines is 1. The fourth-order valence-electron chi connectivity index (χ4n) is 2.14. The van der Waals surface area contributed by atoms with E-state index in [1.807, 2.05) is 0 Å². The maximum absolute atomic E-state index is 13.7. The molecule has 0 aliphatic heterocycles. The first-order valence-corrected chi connectivity index (χ1v) is 8.26. The Morgan fingerprint density at radius 1 is 1.00 bits per heavy atom. The quantitative estimate of drug-likeness (QED) is 0.715. The third-order valence-corrected chi connectivity index (χ3v) is 4.65. The summed E-state index contributed by atoms with van der Waals surface area (Å²) in [4.78, 5) is 6.59. The number of fused-ring (bicyclic) bond motifs is 1. The lowest BCUT2D eigenvalue weighted by Gasteiger charge is -2.11. The zero-order chi connectivity index (χ0) is 18.2. The molecule has 3 rings (SSSR count). The van der Waals surface area contributed by atoms with Crippen LogP contribution in [0.15, 0.2) is 53.7 Å². The first-order chi connectivity index (χ1) is 11.7. The third kappa shape index (κ3) is 3.38. The summed E-state index contributed by atoms with van der Waals surface area (Å²) in [5.41, 5.74) is -1.14. The second-order valence-electron chi connectivity index (χ2n) is 4.98. The summed E-state index contributed by atoms with van der Waals surface area (Å²) in [6, 6.07) is 6.70. The van der Waals surface area contributed by atoms with Crippen molar-refractivity contribution in [3.05, 3.63) is 60.3 Å². The van der Waals surface area contributed by atoms with E-state index in [0.717, 1.165) is 12.1 Å². The Hall–Kier alpha value is -2.75. The van der Waals surface area contributed by atoms with Crippen molar-refractivity contribution in [2.24, 2.45) is 0 Å². The first-order valence-electron chi connectivity index (χ1n) is 6.78. The van der Waals surface area contributed by atoms with Gasteiger partial charge in [-0.2, -0.15) is 13.2 Å². The molecule has 130 valence electrons. The summed E-state index contributed by atoms with van der Waals surface area (Å²) >= 11 is 0. The van der Waals surface area contributed by atoms with Crippen molar-refractivity contribution in [3.8, 4) is 0 Å². The van der Waals surface area contributed by atoms with Gasteiger partial charge >= 0.3 is 6.18 Å². The molecule has 1 N–H and O–H groups in total. The summed E-state index contributed by atoms with van der Waals surface area (Å²) < 4.78 is 78.1. The van der Waals surface area contributed by atoms with E-state index in [4.69, 9.17) is 0 Å². The highest BCUT2D eigenvalue weighted by molar-refractivity contribution is 7.92. The van der Waals surface area contributed by atoms with Crippen LogP contribution in [0.3, 0.4) is 0 Å². The van der Waals surface area contributed by atoms with Gasteiger partial charge in [-0.3, -0.25) is 14.7 Å². The number of pyridine rings is 2. The molecule has 0 aliphatic carbocycles. The predicted octanol–water partition coefficient (Wildman–Crippen LogP) is 3.59. The van der Waals surface area contributed by atoms with E-state index in [1.54, 1.807) is 0 Å². The van der Waals surface area contributed by atoms with Gasteiger partial charge in [-0.05, 0) is 30.3 Å². The number of hydrogen-bond acceptors (Lipinski definition) is 4. The van der Waals surface area contributed by atoms with E-state index in [-0.39, 0.29) is 16.6 Å². The number of nitrogens with one attached hydrogen (secondary N) is 1. The van der Waals surface area contributed by atoms with Crippen molar-refractivity contribution >= 4 is 26.6 Å². The number of hydrogen-bond donors (Lipinski definition) is 1. The van der Waals surface area contributed by atoms with Crippen molar-refractivity contribution in [1.82, 2.24) is 9.97 Å². The Bertz CT molecular complexity index is 1030. The molecule has 1 aromatic carbocycles. The number of halogens is 4. The van der Waals surface area contributed by atoms with Gasteiger partial charge in [0, 0.05) is 17.8 Å². The van der Waals surface area contributed by atoms with Crippen LogP contribution in [0.2, 0.25) is 0 Å². The molecule has 0 saturated heterocycles. The highest BCUT2D eigenvalue weighted by Gasteiger charge is 2.32. The average molecular weight is 371 g/mol. The van der Waals surface area contributed by atoms with Gasteiger partial charge in [0.05, 0.1) is 11.2 Å². The molecule has 25 heavy (non-hydrogen) atoms. The molecule has 0 spiro atoms. The first kappa shape index (κ1) is 17.1. The summed E-state index contributed by atoms with van der Waals surface area (Å²) in [5.74, 6) is -0.581. The van der Waals surface area contributed by atoms with Gasteiger partial charge in [0.25, 0.3) is 10.0 Å². The van der Waals surface area contributed by atoms with Gasteiger partial charge in [-0.15, -0.1) is 0 Å². The maximum atomic E-state index is 13.7. The second kappa shape index (κ2) is 5.96. The molecule has 0 saturated carbocycles. The number of nitrogens with zero attached hydrogens (tertiary/aromatic N) is 2. The van der Waals surface area contributed by atoms with Crippen molar-refractivity contribution in [2.45, 2.75) is 11.1 Å². The zero-order valence-corrected chi connectivity index (χ0v) is 13.1. The Labute approximate surface area is 139 Å². The van der Waals surface area contributed by atoms with E-state index in [9.17, 15) is 26.0 Å². The van der Waals surface area contributed by atoms with Crippen LogP contribution in [0.5, 0.6) is 0 Å². The topological polar surface area (TPSA) is 72.0 Å². The normalized spacial score (nSPS) is 12.3. The number of benzene rings is 1. The lowest BCUT2D eigenvalue weighted by molar-refractivity contribution is -0.141. The van der Waals surface area contributed by atoms with Crippen molar-refractivity contribution in [2.75, 3.05) is 4.72 Å². The lowest BCUT2D eigenvalue weighted by atomic mass is 10.2. The van der Waals surface area contributed by atoms with Crippen LogP contribution in [0, 0.1) is 5.82 Å². The number of sulfonamides is 1. The van der Waals surface area contributed by atoms with E-state index in [2.05, 4.69) is 14.7 Å². The smallest absolute Gasteiger partial charge is 0.277 e. The Morgan fingerprint density at radius 2 is 1.76 bits per heavy atom. The molecular formula is C15H9F4N3O2S. The van der Waals surface area contributed by atoms with Crippen molar-refractivity contribution in [1.29, 1.82) is 0 Å². The average Bonchev–Trinajstić information content (AvgIpc) is 2.55. The number of rotatable bonds is 3. The fraction of sp³-hybridized carbons (Fsp3) is 0.0667. The minimum absolute atomic E-state index is 0.00287. The molecule has 0 fully saturated rings. The number of aromatic nitrogens is 2. The minimum Gasteiger partial charge on any atom is -0.277 e. The molecule has 0 aliphatic rings. The Balaban J connectivity index is 1.99. The van der Waals surface area contributed by atoms with Crippen LogP contribution in [0.1, 0.15) is 5.69 Å². The van der Waals surface area contributed by atoms with Crippen LogP contribution in [0.4, 0.5) is 23.2 Å².